The lowest BCUT2D eigenvalue weighted by Gasteiger charge is -2.08. The number of hydrogen-bond acceptors (Lipinski definition) is 5. The number of fused-ring (bicyclic) bond motifs is 1. The van der Waals surface area contributed by atoms with Gasteiger partial charge in [0.15, 0.2) is 5.78 Å². The fourth-order valence-electron chi connectivity index (χ4n) is 2.41. The normalized spacial score (nSPS) is 14.0. The Hall–Kier alpha value is -2.74. The van der Waals surface area contributed by atoms with Gasteiger partial charge in [0.05, 0.1) is 22.9 Å². The first-order valence-corrected chi connectivity index (χ1v) is 6.92. The number of rotatable bonds is 2. The van der Waals surface area contributed by atoms with Crippen molar-refractivity contribution in [1.82, 2.24) is 9.97 Å². The van der Waals surface area contributed by atoms with Gasteiger partial charge in [0.2, 0.25) is 5.95 Å². The summed E-state index contributed by atoms with van der Waals surface area (Å²) in [6.07, 6.45) is 4.86. The third-order valence-corrected chi connectivity index (χ3v) is 3.48. The van der Waals surface area contributed by atoms with Crippen LogP contribution in [0.1, 0.15) is 40.9 Å². The van der Waals surface area contributed by atoms with Crippen LogP contribution in [0, 0.1) is 11.3 Å². The summed E-state index contributed by atoms with van der Waals surface area (Å²) in [4.78, 5) is 20.6. The van der Waals surface area contributed by atoms with Crippen molar-refractivity contribution in [2.45, 2.75) is 25.7 Å². The highest BCUT2D eigenvalue weighted by molar-refractivity contribution is 5.97. The van der Waals surface area contributed by atoms with Gasteiger partial charge in [-0.2, -0.15) is 5.26 Å². The summed E-state index contributed by atoms with van der Waals surface area (Å²) in [5.74, 6) is 0.582. The SMILES string of the molecule is N#Cc1cccc(Nc2ncc3c(n2)CCCCC3=O)c1. The number of nitrogens with one attached hydrogen (secondary N) is 1. The number of nitrogens with zero attached hydrogens (tertiary/aromatic N) is 3. The quantitative estimate of drug-likeness (QED) is 0.854. The number of aryl methyl sites for hydroxylation is 1. The van der Waals surface area contributed by atoms with Gasteiger partial charge >= 0.3 is 0 Å². The number of Topliss-reactive ketones (excluding diaryl/α,β-unsaturated/α-hetero) is 1. The predicted octanol–water partition coefficient (Wildman–Crippen LogP) is 3.00. The molecule has 1 aliphatic rings. The minimum absolute atomic E-state index is 0.125. The number of benzene rings is 1. The minimum atomic E-state index is 0.125. The summed E-state index contributed by atoms with van der Waals surface area (Å²) in [6, 6.07) is 9.21. The largest absolute Gasteiger partial charge is 0.324 e. The predicted molar refractivity (Wildman–Crippen MR) is 78.4 cm³/mol. The zero-order chi connectivity index (χ0) is 14.7. The second-order valence-corrected chi connectivity index (χ2v) is 5.00. The number of carbonyl (C=O) groups is 1. The lowest BCUT2D eigenvalue weighted by molar-refractivity contribution is 0.0981. The van der Waals surface area contributed by atoms with Crippen LogP contribution in [0.4, 0.5) is 11.6 Å². The summed E-state index contributed by atoms with van der Waals surface area (Å²) in [5.41, 5.74) is 2.79. The number of hydrogen-bond donors (Lipinski definition) is 1. The molecule has 0 radical (unpaired) electrons. The Balaban J connectivity index is 1.88. The molecule has 1 heterocycles. The topological polar surface area (TPSA) is 78.7 Å². The van der Waals surface area contributed by atoms with Crippen LogP contribution in [-0.4, -0.2) is 15.8 Å². The van der Waals surface area contributed by atoms with Gasteiger partial charge in [-0.3, -0.25) is 4.79 Å². The molecule has 0 spiro atoms. The molecule has 1 N–H and O–H groups in total. The maximum absolute atomic E-state index is 11.9. The Bertz CT molecular complexity index is 733. The first-order chi connectivity index (χ1) is 10.3. The standard InChI is InChI=1S/C16H14N4O/c17-9-11-4-3-5-12(8-11)19-16-18-10-13-14(20-16)6-1-2-7-15(13)21/h3-5,8,10H,1-2,6-7H2,(H,18,19,20). The molecule has 0 fully saturated rings. The molecule has 0 amide bonds. The number of anilines is 2. The van der Waals surface area contributed by atoms with Crippen molar-refractivity contribution in [3.8, 4) is 6.07 Å². The van der Waals surface area contributed by atoms with E-state index in [1.54, 1.807) is 24.4 Å². The molecule has 3 rings (SSSR count). The Kier molecular flexibility index (Phi) is 3.61. The van der Waals surface area contributed by atoms with E-state index in [4.69, 9.17) is 5.26 Å². The maximum atomic E-state index is 11.9. The van der Waals surface area contributed by atoms with Crippen molar-refractivity contribution < 1.29 is 4.79 Å². The number of aromatic nitrogens is 2. The van der Waals surface area contributed by atoms with Gasteiger partial charge in [0.25, 0.3) is 0 Å². The number of nitriles is 1. The minimum Gasteiger partial charge on any atom is -0.324 e. The van der Waals surface area contributed by atoms with Crippen LogP contribution < -0.4 is 5.32 Å². The monoisotopic (exact) mass is 278 g/mol. The zero-order valence-corrected chi connectivity index (χ0v) is 11.5. The number of ketones is 1. The lowest BCUT2D eigenvalue weighted by atomic mass is 10.1. The first-order valence-electron chi connectivity index (χ1n) is 6.92. The van der Waals surface area contributed by atoms with Crippen molar-refractivity contribution in [1.29, 1.82) is 5.26 Å². The van der Waals surface area contributed by atoms with Crippen molar-refractivity contribution in [3.63, 3.8) is 0 Å². The molecule has 104 valence electrons. The van der Waals surface area contributed by atoms with Gasteiger partial charge in [-0.05, 0) is 37.5 Å². The first kappa shape index (κ1) is 13.3. The molecule has 0 unspecified atom stereocenters. The van der Waals surface area contributed by atoms with E-state index in [2.05, 4.69) is 21.4 Å². The van der Waals surface area contributed by atoms with Crippen LogP contribution in [0.25, 0.3) is 0 Å². The van der Waals surface area contributed by atoms with Gasteiger partial charge in [0, 0.05) is 18.3 Å². The van der Waals surface area contributed by atoms with E-state index in [1.807, 2.05) is 6.07 Å². The van der Waals surface area contributed by atoms with Crippen molar-refractivity contribution >= 4 is 17.4 Å². The number of carbonyl (C=O) groups excluding carboxylic acids is 1. The van der Waals surface area contributed by atoms with E-state index >= 15 is 0 Å². The molecular formula is C16H14N4O. The third-order valence-electron chi connectivity index (χ3n) is 3.48. The molecule has 5 nitrogen and oxygen atoms in total. The van der Waals surface area contributed by atoms with Crippen LogP contribution in [0.15, 0.2) is 30.5 Å². The van der Waals surface area contributed by atoms with Gasteiger partial charge in [-0.1, -0.05) is 6.07 Å². The van der Waals surface area contributed by atoms with Crippen molar-refractivity contribution in [2.75, 3.05) is 5.32 Å². The molecule has 2 aromatic rings. The van der Waals surface area contributed by atoms with Gasteiger partial charge < -0.3 is 5.32 Å². The lowest BCUT2D eigenvalue weighted by Crippen LogP contribution is -2.07. The van der Waals surface area contributed by atoms with Crippen LogP contribution in [0.2, 0.25) is 0 Å². The highest BCUT2D eigenvalue weighted by Crippen LogP contribution is 2.21. The second-order valence-electron chi connectivity index (χ2n) is 5.00. The Labute approximate surface area is 122 Å². The Morgan fingerprint density at radius 2 is 2.10 bits per heavy atom. The molecule has 1 aromatic carbocycles. The molecule has 21 heavy (non-hydrogen) atoms. The summed E-state index contributed by atoms with van der Waals surface area (Å²) >= 11 is 0. The Morgan fingerprint density at radius 1 is 1.24 bits per heavy atom. The molecule has 0 saturated heterocycles. The summed E-state index contributed by atoms with van der Waals surface area (Å²) in [5, 5.41) is 12.0. The maximum Gasteiger partial charge on any atom is 0.227 e. The van der Waals surface area contributed by atoms with Gasteiger partial charge in [-0.15, -0.1) is 0 Å². The average molecular weight is 278 g/mol. The third kappa shape index (κ3) is 2.90. The highest BCUT2D eigenvalue weighted by Gasteiger charge is 2.17. The van der Waals surface area contributed by atoms with Gasteiger partial charge in [0.1, 0.15) is 0 Å². The highest BCUT2D eigenvalue weighted by atomic mass is 16.1. The van der Waals surface area contributed by atoms with Crippen LogP contribution >= 0.6 is 0 Å². The van der Waals surface area contributed by atoms with E-state index in [9.17, 15) is 4.79 Å². The fraction of sp³-hybridized carbons (Fsp3) is 0.250. The zero-order valence-electron chi connectivity index (χ0n) is 11.5. The molecule has 1 aromatic heterocycles. The van der Waals surface area contributed by atoms with E-state index in [0.717, 1.165) is 30.6 Å². The molecule has 0 bridgehead atoms. The van der Waals surface area contributed by atoms with Crippen LogP contribution in [0.5, 0.6) is 0 Å². The molecule has 0 saturated carbocycles. The molecule has 5 heteroatoms. The Morgan fingerprint density at radius 3 is 2.95 bits per heavy atom. The molecular weight excluding hydrogens is 264 g/mol. The second kappa shape index (κ2) is 5.71. The molecule has 0 atom stereocenters. The summed E-state index contributed by atoms with van der Waals surface area (Å²) in [7, 11) is 0. The van der Waals surface area contributed by atoms with Crippen molar-refractivity contribution in [2.24, 2.45) is 0 Å². The van der Waals surface area contributed by atoms with E-state index < -0.39 is 0 Å². The average Bonchev–Trinajstić information content (AvgIpc) is 2.69. The van der Waals surface area contributed by atoms with Crippen LogP contribution in [0.3, 0.4) is 0 Å². The van der Waals surface area contributed by atoms with Crippen LogP contribution in [-0.2, 0) is 6.42 Å². The van der Waals surface area contributed by atoms with E-state index in [0.29, 0.717) is 23.5 Å². The van der Waals surface area contributed by atoms with E-state index in [1.165, 1.54) is 0 Å². The smallest absolute Gasteiger partial charge is 0.227 e. The fourth-order valence-corrected chi connectivity index (χ4v) is 2.41. The van der Waals surface area contributed by atoms with Gasteiger partial charge in [-0.25, -0.2) is 9.97 Å². The van der Waals surface area contributed by atoms with E-state index in [-0.39, 0.29) is 5.78 Å². The molecule has 0 aliphatic heterocycles. The summed E-state index contributed by atoms with van der Waals surface area (Å²) < 4.78 is 0. The summed E-state index contributed by atoms with van der Waals surface area (Å²) in [6.45, 7) is 0. The van der Waals surface area contributed by atoms with Crippen molar-refractivity contribution in [3.05, 3.63) is 47.3 Å². The molecule has 1 aliphatic carbocycles.